The fraction of sp³-hybridized carbons (Fsp3) is 0.500. The predicted octanol–water partition coefficient (Wildman–Crippen LogP) is 0.705. The SMILES string of the molecule is CNC(=O)c1cccc(CCNC(=O)C2CCCNC2)c1. The molecule has 1 aromatic rings. The zero-order valence-electron chi connectivity index (χ0n) is 12.4. The van der Waals surface area contributed by atoms with Crippen LogP contribution in [0.5, 0.6) is 0 Å². The number of carbonyl (C=O) groups is 2. The molecule has 0 bridgehead atoms. The molecule has 1 unspecified atom stereocenters. The molecule has 1 aliphatic heterocycles. The van der Waals surface area contributed by atoms with Crippen LogP contribution in [0.1, 0.15) is 28.8 Å². The van der Waals surface area contributed by atoms with Crippen molar-refractivity contribution >= 4 is 11.8 Å². The van der Waals surface area contributed by atoms with Crippen molar-refractivity contribution < 1.29 is 9.59 Å². The normalized spacial score (nSPS) is 18.0. The molecule has 0 spiro atoms. The number of benzene rings is 1. The van der Waals surface area contributed by atoms with Crippen molar-refractivity contribution in [3.8, 4) is 0 Å². The monoisotopic (exact) mass is 289 g/mol. The molecule has 0 aliphatic carbocycles. The molecular formula is C16H23N3O2. The van der Waals surface area contributed by atoms with E-state index in [2.05, 4.69) is 16.0 Å². The van der Waals surface area contributed by atoms with Crippen LogP contribution in [-0.4, -0.2) is 38.5 Å². The Kier molecular flexibility index (Phi) is 5.75. The van der Waals surface area contributed by atoms with Gasteiger partial charge in [-0.25, -0.2) is 0 Å². The molecule has 0 radical (unpaired) electrons. The number of amides is 2. The number of rotatable bonds is 5. The summed E-state index contributed by atoms with van der Waals surface area (Å²) in [6, 6.07) is 7.50. The van der Waals surface area contributed by atoms with Crippen LogP contribution in [0.3, 0.4) is 0 Å². The minimum absolute atomic E-state index is 0.0887. The average molecular weight is 289 g/mol. The number of nitrogens with one attached hydrogen (secondary N) is 3. The molecule has 1 atom stereocenters. The van der Waals surface area contributed by atoms with Crippen molar-refractivity contribution in [3.05, 3.63) is 35.4 Å². The summed E-state index contributed by atoms with van der Waals surface area (Å²) in [4.78, 5) is 23.6. The average Bonchev–Trinajstić information content (AvgIpc) is 2.55. The van der Waals surface area contributed by atoms with Crippen LogP contribution < -0.4 is 16.0 Å². The van der Waals surface area contributed by atoms with Gasteiger partial charge in [0.1, 0.15) is 0 Å². The third kappa shape index (κ3) is 4.56. The first-order chi connectivity index (χ1) is 10.2. The van der Waals surface area contributed by atoms with Crippen molar-refractivity contribution in [2.75, 3.05) is 26.7 Å². The van der Waals surface area contributed by atoms with E-state index >= 15 is 0 Å². The number of piperidine rings is 1. The quantitative estimate of drug-likeness (QED) is 0.747. The molecular weight excluding hydrogens is 266 g/mol. The van der Waals surface area contributed by atoms with Gasteiger partial charge < -0.3 is 16.0 Å². The maximum atomic E-state index is 12.0. The Morgan fingerprint density at radius 3 is 2.95 bits per heavy atom. The molecule has 1 fully saturated rings. The van der Waals surface area contributed by atoms with Crippen molar-refractivity contribution in [2.45, 2.75) is 19.3 Å². The number of carbonyl (C=O) groups excluding carboxylic acids is 2. The Morgan fingerprint density at radius 1 is 1.38 bits per heavy atom. The van der Waals surface area contributed by atoms with Crippen molar-refractivity contribution in [3.63, 3.8) is 0 Å². The highest BCUT2D eigenvalue weighted by molar-refractivity contribution is 5.94. The largest absolute Gasteiger partial charge is 0.355 e. The Bertz CT molecular complexity index is 496. The van der Waals surface area contributed by atoms with E-state index in [1.165, 1.54) is 0 Å². The van der Waals surface area contributed by atoms with E-state index in [0.29, 0.717) is 12.1 Å². The van der Waals surface area contributed by atoms with Crippen molar-refractivity contribution in [2.24, 2.45) is 5.92 Å². The van der Waals surface area contributed by atoms with Gasteiger partial charge in [0.05, 0.1) is 5.92 Å². The van der Waals surface area contributed by atoms with Crippen LogP contribution >= 0.6 is 0 Å². The Balaban J connectivity index is 1.80. The van der Waals surface area contributed by atoms with E-state index in [4.69, 9.17) is 0 Å². The second-order valence-corrected chi connectivity index (χ2v) is 5.36. The van der Waals surface area contributed by atoms with Crippen LogP contribution in [0.15, 0.2) is 24.3 Å². The van der Waals surface area contributed by atoms with E-state index < -0.39 is 0 Å². The Hall–Kier alpha value is -1.88. The predicted molar refractivity (Wildman–Crippen MR) is 82.1 cm³/mol. The summed E-state index contributed by atoms with van der Waals surface area (Å²) in [6.07, 6.45) is 2.76. The smallest absolute Gasteiger partial charge is 0.251 e. The lowest BCUT2D eigenvalue weighted by atomic mass is 9.99. The van der Waals surface area contributed by atoms with E-state index in [9.17, 15) is 9.59 Å². The second-order valence-electron chi connectivity index (χ2n) is 5.36. The molecule has 2 amide bonds. The molecule has 1 aliphatic rings. The number of hydrogen-bond donors (Lipinski definition) is 3. The summed E-state index contributed by atoms with van der Waals surface area (Å²) in [5, 5.41) is 8.84. The minimum Gasteiger partial charge on any atom is -0.355 e. The summed E-state index contributed by atoms with van der Waals surface area (Å²) >= 11 is 0. The van der Waals surface area contributed by atoms with E-state index in [1.54, 1.807) is 13.1 Å². The van der Waals surface area contributed by atoms with Gasteiger partial charge in [-0.2, -0.15) is 0 Å². The van der Waals surface area contributed by atoms with Crippen LogP contribution in [0.2, 0.25) is 0 Å². The van der Waals surface area contributed by atoms with Gasteiger partial charge in [-0.3, -0.25) is 9.59 Å². The molecule has 1 saturated heterocycles. The van der Waals surface area contributed by atoms with Gasteiger partial charge in [-0.05, 0) is 43.5 Å². The molecule has 3 N–H and O–H groups in total. The van der Waals surface area contributed by atoms with Crippen LogP contribution in [0.25, 0.3) is 0 Å². The van der Waals surface area contributed by atoms with Crippen LogP contribution in [0, 0.1) is 5.92 Å². The van der Waals surface area contributed by atoms with E-state index in [1.807, 2.05) is 18.2 Å². The maximum absolute atomic E-state index is 12.0. The molecule has 5 nitrogen and oxygen atoms in total. The lowest BCUT2D eigenvalue weighted by Crippen LogP contribution is -2.41. The molecule has 21 heavy (non-hydrogen) atoms. The molecule has 2 rings (SSSR count). The van der Waals surface area contributed by atoms with Gasteiger partial charge in [0.25, 0.3) is 5.91 Å². The van der Waals surface area contributed by atoms with Gasteiger partial charge in [-0.1, -0.05) is 12.1 Å². The standard InChI is InChI=1S/C16H23N3O2/c1-17-15(20)13-5-2-4-12(10-13)7-9-19-16(21)14-6-3-8-18-11-14/h2,4-5,10,14,18H,3,6-9,11H2,1H3,(H,17,20)(H,19,21). The summed E-state index contributed by atoms with van der Waals surface area (Å²) in [5.74, 6) is 0.134. The van der Waals surface area contributed by atoms with Gasteiger partial charge in [-0.15, -0.1) is 0 Å². The Labute approximate surface area is 125 Å². The molecule has 1 heterocycles. The van der Waals surface area contributed by atoms with Gasteiger partial charge in [0.15, 0.2) is 0 Å². The Morgan fingerprint density at radius 2 is 2.24 bits per heavy atom. The highest BCUT2D eigenvalue weighted by atomic mass is 16.2. The van der Waals surface area contributed by atoms with Crippen molar-refractivity contribution in [1.29, 1.82) is 0 Å². The lowest BCUT2D eigenvalue weighted by Gasteiger charge is -2.21. The second kappa shape index (κ2) is 7.78. The van der Waals surface area contributed by atoms with Crippen LogP contribution in [-0.2, 0) is 11.2 Å². The summed E-state index contributed by atoms with van der Waals surface area (Å²) in [7, 11) is 1.62. The minimum atomic E-state index is -0.0887. The number of hydrogen-bond acceptors (Lipinski definition) is 3. The third-order valence-corrected chi connectivity index (χ3v) is 3.80. The van der Waals surface area contributed by atoms with Gasteiger partial charge in [0, 0.05) is 25.7 Å². The molecule has 0 saturated carbocycles. The first-order valence-electron chi connectivity index (χ1n) is 7.50. The van der Waals surface area contributed by atoms with Gasteiger partial charge >= 0.3 is 0 Å². The topological polar surface area (TPSA) is 70.2 Å². The van der Waals surface area contributed by atoms with Crippen LogP contribution in [0.4, 0.5) is 0 Å². The zero-order chi connectivity index (χ0) is 15.1. The molecule has 5 heteroatoms. The first kappa shape index (κ1) is 15.5. The summed E-state index contributed by atoms with van der Waals surface area (Å²) in [6.45, 7) is 2.39. The fourth-order valence-electron chi connectivity index (χ4n) is 2.56. The fourth-order valence-corrected chi connectivity index (χ4v) is 2.56. The first-order valence-corrected chi connectivity index (χ1v) is 7.50. The molecule has 114 valence electrons. The van der Waals surface area contributed by atoms with E-state index in [0.717, 1.165) is 37.9 Å². The molecule has 0 aromatic heterocycles. The summed E-state index contributed by atoms with van der Waals surface area (Å²) in [5.41, 5.74) is 1.70. The van der Waals surface area contributed by atoms with Gasteiger partial charge in [0.2, 0.25) is 5.91 Å². The van der Waals surface area contributed by atoms with Crippen molar-refractivity contribution in [1.82, 2.24) is 16.0 Å². The lowest BCUT2D eigenvalue weighted by molar-refractivity contribution is -0.125. The van der Waals surface area contributed by atoms with E-state index in [-0.39, 0.29) is 17.7 Å². The highest BCUT2D eigenvalue weighted by Gasteiger charge is 2.20. The molecule has 1 aromatic carbocycles. The third-order valence-electron chi connectivity index (χ3n) is 3.80. The highest BCUT2D eigenvalue weighted by Crippen LogP contribution is 2.10. The zero-order valence-corrected chi connectivity index (χ0v) is 12.4. The maximum Gasteiger partial charge on any atom is 0.251 e. The summed E-state index contributed by atoms with van der Waals surface area (Å²) < 4.78 is 0.